The van der Waals surface area contributed by atoms with Crippen molar-refractivity contribution in [3.8, 4) is 5.75 Å². The maximum absolute atomic E-state index is 5.42. The second kappa shape index (κ2) is 8.01. The van der Waals surface area contributed by atoms with Gasteiger partial charge >= 0.3 is 0 Å². The largest absolute Gasteiger partial charge is 0.490 e. The van der Waals surface area contributed by atoms with Gasteiger partial charge in [-0.3, -0.25) is 4.98 Å². The minimum absolute atomic E-state index is 0.499. The summed E-state index contributed by atoms with van der Waals surface area (Å²) in [5.74, 6) is 0.802. The Morgan fingerprint density at radius 3 is 2.57 bits per heavy atom. The normalized spacial score (nSPS) is 9.71. The summed E-state index contributed by atoms with van der Waals surface area (Å²) in [6.07, 6.45) is 5.23. The number of thiocarbonyl (C=S) groups is 1. The van der Waals surface area contributed by atoms with Crippen molar-refractivity contribution < 1.29 is 4.74 Å². The Labute approximate surface area is 129 Å². The lowest BCUT2D eigenvalue weighted by molar-refractivity contribution is 0.363. The molecule has 0 fully saturated rings. The molecule has 0 saturated carbocycles. The van der Waals surface area contributed by atoms with Crippen LogP contribution in [-0.2, 0) is 6.54 Å². The zero-order chi connectivity index (χ0) is 14.9. The molecule has 0 amide bonds. The van der Waals surface area contributed by atoms with Crippen LogP contribution in [0.15, 0.2) is 61.4 Å². The number of hydrogen-bond donors (Lipinski definition) is 2. The van der Waals surface area contributed by atoms with E-state index in [2.05, 4.69) is 22.2 Å². The third-order valence-electron chi connectivity index (χ3n) is 2.68. The molecule has 0 aliphatic carbocycles. The first-order valence-electron chi connectivity index (χ1n) is 6.55. The molecule has 0 aliphatic heterocycles. The fourth-order valence-electron chi connectivity index (χ4n) is 1.65. The first-order valence-corrected chi connectivity index (χ1v) is 6.96. The van der Waals surface area contributed by atoms with E-state index in [1.807, 2.05) is 36.4 Å². The molecule has 2 rings (SSSR count). The van der Waals surface area contributed by atoms with E-state index >= 15 is 0 Å². The maximum atomic E-state index is 5.42. The molecule has 1 aromatic heterocycles. The molecular weight excluding hydrogens is 282 g/mol. The minimum atomic E-state index is 0.499. The number of rotatable bonds is 6. The lowest BCUT2D eigenvalue weighted by atomic mass is 10.3. The fourth-order valence-corrected chi connectivity index (χ4v) is 1.84. The number of pyridine rings is 1. The predicted molar refractivity (Wildman–Crippen MR) is 89.4 cm³/mol. The highest BCUT2D eigenvalue weighted by atomic mass is 32.1. The zero-order valence-corrected chi connectivity index (χ0v) is 12.4. The minimum Gasteiger partial charge on any atom is -0.490 e. The number of hydrogen-bond acceptors (Lipinski definition) is 3. The molecule has 1 aromatic carbocycles. The second-order valence-electron chi connectivity index (χ2n) is 4.29. The van der Waals surface area contributed by atoms with Crippen LogP contribution in [-0.4, -0.2) is 16.7 Å². The Hall–Kier alpha value is -2.40. The van der Waals surface area contributed by atoms with Crippen LogP contribution in [0.4, 0.5) is 5.69 Å². The van der Waals surface area contributed by atoms with Crippen LogP contribution in [0.2, 0.25) is 0 Å². The molecule has 2 aromatic rings. The van der Waals surface area contributed by atoms with Gasteiger partial charge in [0.25, 0.3) is 0 Å². The monoisotopic (exact) mass is 299 g/mol. The average molecular weight is 299 g/mol. The van der Waals surface area contributed by atoms with Gasteiger partial charge in [0.2, 0.25) is 0 Å². The van der Waals surface area contributed by atoms with Gasteiger partial charge in [0, 0.05) is 24.6 Å². The Kier molecular flexibility index (Phi) is 5.72. The van der Waals surface area contributed by atoms with E-state index in [9.17, 15) is 0 Å². The Morgan fingerprint density at radius 2 is 1.90 bits per heavy atom. The van der Waals surface area contributed by atoms with E-state index in [1.165, 1.54) is 0 Å². The summed E-state index contributed by atoms with van der Waals surface area (Å²) in [6.45, 7) is 4.77. The van der Waals surface area contributed by atoms with Gasteiger partial charge in [-0.2, -0.15) is 0 Å². The van der Waals surface area contributed by atoms with Crippen LogP contribution in [0, 0.1) is 0 Å². The zero-order valence-electron chi connectivity index (χ0n) is 11.6. The van der Waals surface area contributed by atoms with Crippen molar-refractivity contribution in [1.29, 1.82) is 0 Å². The second-order valence-corrected chi connectivity index (χ2v) is 4.70. The summed E-state index contributed by atoms with van der Waals surface area (Å²) in [5.41, 5.74) is 2.04. The first kappa shape index (κ1) is 15.0. The molecule has 0 bridgehead atoms. The molecule has 5 heteroatoms. The number of nitrogens with zero attached hydrogens (tertiary/aromatic N) is 1. The topological polar surface area (TPSA) is 46.2 Å². The third-order valence-corrected chi connectivity index (χ3v) is 2.93. The van der Waals surface area contributed by atoms with Gasteiger partial charge in [0.1, 0.15) is 12.4 Å². The predicted octanol–water partition coefficient (Wildman–Crippen LogP) is 3.13. The number of ether oxygens (including phenoxy) is 1. The average Bonchev–Trinajstić information content (AvgIpc) is 2.53. The van der Waals surface area contributed by atoms with E-state index < -0.39 is 0 Å². The smallest absolute Gasteiger partial charge is 0.171 e. The third kappa shape index (κ3) is 5.24. The molecular formula is C16H17N3OS. The van der Waals surface area contributed by atoms with Gasteiger partial charge in [0.05, 0.1) is 0 Å². The van der Waals surface area contributed by atoms with Crippen molar-refractivity contribution in [3.05, 3.63) is 67.0 Å². The van der Waals surface area contributed by atoms with E-state index in [0.717, 1.165) is 17.0 Å². The van der Waals surface area contributed by atoms with Crippen molar-refractivity contribution in [2.45, 2.75) is 6.54 Å². The highest BCUT2D eigenvalue weighted by molar-refractivity contribution is 7.80. The molecule has 0 radical (unpaired) electrons. The summed E-state index contributed by atoms with van der Waals surface area (Å²) >= 11 is 5.26. The van der Waals surface area contributed by atoms with Crippen LogP contribution in [0.3, 0.4) is 0 Å². The molecule has 21 heavy (non-hydrogen) atoms. The molecule has 108 valence electrons. The van der Waals surface area contributed by atoms with Gasteiger partial charge in [-0.1, -0.05) is 12.7 Å². The summed E-state index contributed by atoms with van der Waals surface area (Å²) < 4.78 is 5.42. The van der Waals surface area contributed by atoms with Crippen molar-refractivity contribution in [3.63, 3.8) is 0 Å². The molecule has 4 nitrogen and oxygen atoms in total. The van der Waals surface area contributed by atoms with Gasteiger partial charge in [-0.15, -0.1) is 0 Å². The van der Waals surface area contributed by atoms with Crippen LogP contribution < -0.4 is 15.4 Å². The van der Waals surface area contributed by atoms with Crippen molar-refractivity contribution in [1.82, 2.24) is 10.3 Å². The fraction of sp³-hybridized carbons (Fsp3) is 0.125. The van der Waals surface area contributed by atoms with Crippen LogP contribution in [0.25, 0.3) is 0 Å². The van der Waals surface area contributed by atoms with Gasteiger partial charge in [-0.05, 0) is 54.2 Å². The SMILES string of the molecule is C=CCOc1ccc(NC(=S)NCc2ccncc2)cc1. The van der Waals surface area contributed by atoms with Crippen molar-refractivity contribution in [2.24, 2.45) is 0 Å². The number of nitrogens with one attached hydrogen (secondary N) is 2. The summed E-state index contributed by atoms with van der Waals surface area (Å²) in [6, 6.07) is 11.5. The van der Waals surface area contributed by atoms with Gasteiger partial charge < -0.3 is 15.4 Å². The molecule has 1 heterocycles. The highest BCUT2D eigenvalue weighted by Crippen LogP contribution is 2.15. The molecule has 0 saturated heterocycles. The molecule has 2 N–H and O–H groups in total. The molecule has 0 aliphatic rings. The van der Waals surface area contributed by atoms with Crippen molar-refractivity contribution >= 4 is 23.0 Å². The Balaban J connectivity index is 1.80. The Morgan fingerprint density at radius 1 is 1.19 bits per heavy atom. The highest BCUT2D eigenvalue weighted by Gasteiger charge is 1.99. The number of aromatic nitrogens is 1. The van der Waals surface area contributed by atoms with E-state index in [1.54, 1.807) is 18.5 Å². The van der Waals surface area contributed by atoms with Gasteiger partial charge in [-0.25, -0.2) is 0 Å². The molecule has 0 atom stereocenters. The number of anilines is 1. The lowest BCUT2D eigenvalue weighted by Gasteiger charge is -2.11. The summed E-state index contributed by atoms with van der Waals surface area (Å²) in [5, 5.41) is 6.84. The van der Waals surface area contributed by atoms with Crippen molar-refractivity contribution in [2.75, 3.05) is 11.9 Å². The quantitative estimate of drug-likeness (QED) is 0.634. The van der Waals surface area contributed by atoms with Crippen LogP contribution in [0.5, 0.6) is 5.75 Å². The van der Waals surface area contributed by atoms with Gasteiger partial charge in [0.15, 0.2) is 5.11 Å². The van der Waals surface area contributed by atoms with E-state index in [-0.39, 0.29) is 0 Å². The lowest BCUT2D eigenvalue weighted by Crippen LogP contribution is -2.27. The summed E-state index contributed by atoms with van der Waals surface area (Å²) in [7, 11) is 0. The van der Waals surface area contributed by atoms with Crippen LogP contribution >= 0.6 is 12.2 Å². The van der Waals surface area contributed by atoms with E-state index in [0.29, 0.717) is 18.3 Å². The van der Waals surface area contributed by atoms with E-state index in [4.69, 9.17) is 17.0 Å². The maximum Gasteiger partial charge on any atom is 0.171 e. The number of benzene rings is 1. The summed E-state index contributed by atoms with van der Waals surface area (Å²) in [4.78, 5) is 3.98. The first-order chi connectivity index (χ1) is 10.3. The molecule has 0 spiro atoms. The van der Waals surface area contributed by atoms with Crippen LogP contribution in [0.1, 0.15) is 5.56 Å². The standard InChI is InChI=1S/C16H17N3OS/c1-2-11-20-15-5-3-14(4-6-15)19-16(21)18-12-13-7-9-17-10-8-13/h2-10H,1,11-12H2,(H2,18,19,21). The molecule has 0 unspecified atom stereocenters. The Bertz CT molecular complexity index is 584.